The number of rotatable bonds is 6. The summed E-state index contributed by atoms with van der Waals surface area (Å²) in [5.41, 5.74) is 2.66. The Morgan fingerprint density at radius 1 is 1.17 bits per heavy atom. The van der Waals surface area contributed by atoms with Crippen LogP contribution in [0.4, 0.5) is 11.4 Å². The Bertz CT molecular complexity index is 882. The van der Waals surface area contributed by atoms with Crippen LogP contribution in [0.2, 0.25) is 0 Å². The lowest BCUT2D eigenvalue weighted by Crippen LogP contribution is -2.44. The van der Waals surface area contributed by atoms with Gasteiger partial charge in [0, 0.05) is 37.8 Å². The first-order valence-corrected chi connectivity index (χ1v) is 9.82. The van der Waals surface area contributed by atoms with E-state index in [0.717, 1.165) is 23.5 Å². The Balaban J connectivity index is 1.64. The number of carbonyl (C=O) groups is 2. The minimum atomic E-state index is -0.102. The molecule has 7 heteroatoms. The van der Waals surface area contributed by atoms with Crippen molar-refractivity contribution in [3.05, 3.63) is 60.2 Å². The molecule has 0 saturated carbocycles. The minimum absolute atomic E-state index is 0.00813. The van der Waals surface area contributed by atoms with Crippen LogP contribution >= 0.6 is 0 Å². The van der Waals surface area contributed by atoms with Crippen molar-refractivity contribution in [2.45, 2.75) is 32.9 Å². The maximum absolute atomic E-state index is 12.4. The van der Waals surface area contributed by atoms with Crippen LogP contribution in [-0.4, -0.2) is 36.9 Å². The molecule has 0 spiro atoms. The molecular formula is C22H27N5O2. The molecule has 0 radical (unpaired) electrons. The summed E-state index contributed by atoms with van der Waals surface area (Å²) in [6, 6.07) is 17.3. The quantitative estimate of drug-likeness (QED) is 0.520. The number of nitrogens with one attached hydrogen (secondary N) is 3. The second-order valence-corrected chi connectivity index (χ2v) is 6.96. The Labute approximate surface area is 171 Å². The van der Waals surface area contributed by atoms with Crippen molar-refractivity contribution in [3.8, 4) is 0 Å². The molecule has 0 bridgehead atoms. The summed E-state index contributed by atoms with van der Waals surface area (Å²) in [4.78, 5) is 30.1. The molecule has 1 heterocycles. The zero-order valence-corrected chi connectivity index (χ0v) is 16.8. The average Bonchev–Trinajstić information content (AvgIpc) is 3.07. The van der Waals surface area contributed by atoms with E-state index in [-0.39, 0.29) is 17.9 Å². The van der Waals surface area contributed by atoms with Crippen LogP contribution in [0.3, 0.4) is 0 Å². The van der Waals surface area contributed by atoms with Gasteiger partial charge in [-0.1, -0.05) is 30.3 Å². The van der Waals surface area contributed by atoms with Crippen molar-refractivity contribution in [1.29, 1.82) is 0 Å². The Morgan fingerprint density at radius 2 is 1.97 bits per heavy atom. The molecule has 1 aliphatic rings. The van der Waals surface area contributed by atoms with E-state index >= 15 is 0 Å². The zero-order valence-electron chi connectivity index (χ0n) is 16.8. The van der Waals surface area contributed by atoms with Crippen molar-refractivity contribution in [2.24, 2.45) is 4.99 Å². The summed E-state index contributed by atoms with van der Waals surface area (Å²) in [7, 11) is 0. The summed E-state index contributed by atoms with van der Waals surface area (Å²) in [6.07, 6.45) is 0.428. The molecule has 0 aliphatic carbocycles. The van der Waals surface area contributed by atoms with Crippen LogP contribution in [0.5, 0.6) is 0 Å². The second-order valence-electron chi connectivity index (χ2n) is 6.96. The molecule has 1 unspecified atom stereocenters. The normalized spacial score (nSPS) is 16.6. The number of guanidine groups is 1. The first kappa shape index (κ1) is 20.4. The van der Waals surface area contributed by atoms with Gasteiger partial charge < -0.3 is 20.9 Å². The van der Waals surface area contributed by atoms with Crippen molar-refractivity contribution < 1.29 is 9.59 Å². The smallest absolute Gasteiger partial charge is 0.229 e. The predicted molar refractivity (Wildman–Crippen MR) is 116 cm³/mol. The highest BCUT2D eigenvalue weighted by molar-refractivity contribution is 5.97. The maximum atomic E-state index is 12.4. The van der Waals surface area contributed by atoms with Crippen LogP contribution in [0.15, 0.2) is 59.6 Å². The molecule has 3 rings (SSSR count). The molecule has 2 amide bonds. The van der Waals surface area contributed by atoms with E-state index in [9.17, 15) is 9.59 Å². The summed E-state index contributed by atoms with van der Waals surface area (Å²) in [5, 5.41) is 9.39. The highest BCUT2D eigenvalue weighted by Gasteiger charge is 2.31. The second kappa shape index (κ2) is 9.73. The van der Waals surface area contributed by atoms with Gasteiger partial charge in [-0.25, -0.2) is 4.99 Å². The number of hydrogen-bond donors (Lipinski definition) is 3. The predicted octanol–water partition coefficient (Wildman–Crippen LogP) is 2.51. The monoisotopic (exact) mass is 393 g/mol. The molecule has 2 aromatic carbocycles. The number of amides is 2. The van der Waals surface area contributed by atoms with Gasteiger partial charge in [0.05, 0.1) is 12.6 Å². The van der Waals surface area contributed by atoms with Gasteiger partial charge in [-0.05, 0) is 36.8 Å². The molecule has 3 N–H and O–H groups in total. The molecule has 1 fully saturated rings. The number of hydrogen-bond acceptors (Lipinski definition) is 3. The SMILES string of the molecule is CCNC(=NCc1cccc(NC(C)=O)c1)NC1CC(=O)N(c2ccccc2)C1. The summed E-state index contributed by atoms with van der Waals surface area (Å²) < 4.78 is 0. The zero-order chi connectivity index (χ0) is 20.6. The van der Waals surface area contributed by atoms with Crippen LogP contribution in [-0.2, 0) is 16.1 Å². The third-order valence-corrected chi connectivity index (χ3v) is 4.55. The summed E-state index contributed by atoms with van der Waals surface area (Å²) in [5.74, 6) is 0.673. The van der Waals surface area contributed by atoms with Crippen LogP contribution in [0, 0.1) is 0 Å². The van der Waals surface area contributed by atoms with Gasteiger partial charge in [-0.2, -0.15) is 0 Å². The molecular weight excluding hydrogens is 366 g/mol. The van der Waals surface area contributed by atoms with E-state index in [1.165, 1.54) is 6.92 Å². The lowest BCUT2D eigenvalue weighted by molar-refractivity contribution is -0.117. The largest absolute Gasteiger partial charge is 0.357 e. The van der Waals surface area contributed by atoms with E-state index in [1.54, 1.807) is 4.90 Å². The third kappa shape index (κ3) is 5.81. The van der Waals surface area contributed by atoms with Gasteiger partial charge in [0.2, 0.25) is 11.8 Å². The van der Waals surface area contributed by atoms with Crippen molar-refractivity contribution in [1.82, 2.24) is 10.6 Å². The highest BCUT2D eigenvalue weighted by atomic mass is 16.2. The molecule has 1 atom stereocenters. The molecule has 1 saturated heterocycles. The number of carbonyl (C=O) groups excluding carboxylic acids is 2. The van der Waals surface area contributed by atoms with Gasteiger partial charge in [0.15, 0.2) is 5.96 Å². The Morgan fingerprint density at radius 3 is 2.69 bits per heavy atom. The lowest BCUT2D eigenvalue weighted by Gasteiger charge is -2.19. The number of aliphatic imine (C=N–C) groups is 1. The van der Waals surface area contributed by atoms with E-state index < -0.39 is 0 Å². The van der Waals surface area contributed by atoms with Gasteiger partial charge in [-0.3, -0.25) is 9.59 Å². The Hall–Kier alpha value is -3.35. The van der Waals surface area contributed by atoms with E-state index in [0.29, 0.717) is 25.5 Å². The molecule has 1 aliphatic heterocycles. The van der Waals surface area contributed by atoms with Gasteiger partial charge >= 0.3 is 0 Å². The molecule has 2 aromatic rings. The Kier molecular flexibility index (Phi) is 6.84. The van der Waals surface area contributed by atoms with Gasteiger partial charge in [0.1, 0.15) is 0 Å². The first-order valence-electron chi connectivity index (χ1n) is 9.82. The first-order chi connectivity index (χ1) is 14.0. The lowest BCUT2D eigenvalue weighted by atomic mass is 10.2. The molecule has 7 nitrogen and oxygen atoms in total. The number of benzene rings is 2. The average molecular weight is 393 g/mol. The molecule has 29 heavy (non-hydrogen) atoms. The van der Waals surface area contributed by atoms with E-state index in [1.807, 2.05) is 61.5 Å². The third-order valence-electron chi connectivity index (χ3n) is 4.55. The topological polar surface area (TPSA) is 85.8 Å². The van der Waals surface area contributed by atoms with Crippen molar-refractivity contribution in [3.63, 3.8) is 0 Å². The highest BCUT2D eigenvalue weighted by Crippen LogP contribution is 2.21. The maximum Gasteiger partial charge on any atom is 0.229 e. The summed E-state index contributed by atoms with van der Waals surface area (Å²) >= 11 is 0. The van der Waals surface area contributed by atoms with Gasteiger partial charge in [0.25, 0.3) is 0 Å². The van der Waals surface area contributed by atoms with Crippen LogP contribution in [0.1, 0.15) is 25.8 Å². The number of para-hydroxylation sites is 1. The van der Waals surface area contributed by atoms with Crippen LogP contribution in [0.25, 0.3) is 0 Å². The van der Waals surface area contributed by atoms with E-state index in [4.69, 9.17) is 0 Å². The van der Waals surface area contributed by atoms with Gasteiger partial charge in [-0.15, -0.1) is 0 Å². The number of anilines is 2. The van der Waals surface area contributed by atoms with Crippen molar-refractivity contribution >= 4 is 29.1 Å². The number of nitrogens with zero attached hydrogens (tertiary/aromatic N) is 2. The fourth-order valence-corrected chi connectivity index (χ4v) is 3.30. The standard InChI is InChI=1S/C22H27N5O2/c1-3-23-22(24-14-17-8-7-9-18(12-17)25-16(2)28)26-19-13-21(29)27(15-19)20-10-5-4-6-11-20/h4-12,19H,3,13-15H2,1-2H3,(H,25,28)(H2,23,24,26). The van der Waals surface area contributed by atoms with Crippen LogP contribution < -0.4 is 20.9 Å². The van der Waals surface area contributed by atoms with E-state index in [2.05, 4.69) is 20.9 Å². The minimum Gasteiger partial charge on any atom is -0.357 e. The summed E-state index contributed by atoms with van der Waals surface area (Å²) in [6.45, 7) is 5.28. The van der Waals surface area contributed by atoms with Crippen molar-refractivity contribution in [2.75, 3.05) is 23.3 Å². The fraction of sp³-hybridized carbons (Fsp3) is 0.318. The molecule has 152 valence electrons. The molecule has 0 aromatic heterocycles. The fourth-order valence-electron chi connectivity index (χ4n) is 3.30.